The van der Waals surface area contributed by atoms with Crippen LogP contribution in [0.3, 0.4) is 0 Å². The third-order valence-electron chi connectivity index (χ3n) is 5.24. The number of benzene rings is 2. The average Bonchev–Trinajstić information content (AvgIpc) is 3.22. The highest BCUT2D eigenvalue weighted by Crippen LogP contribution is 2.19. The number of carbonyl (C=O) groups is 4. The number of ether oxygens (including phenoxy) is 1. The van der Waals surface area contributed by atoms with E-state index in [-0.39, 0.29) is 18.2 Å². The fourth-order valence-corrected chi connectivity index (χ4v) is 3.49. The second kappa shape index (κ2) is 10.6. The third kappa shape index (κ3) is 6.06. The number of hydrogen-bond donors (Lipinski definition) is 2. The molecule has 3 amide bonds. The quantitative estimate of drug-likeness (QED) is 0.514. The minimum absolute atomic E-state index is 0.101. The topological polar surface area (TPSA) is 106 Å². The molecule has 0 spiro atoms. The van der Waals surface area contributed by atoms with Gasteiger partial charge in [0.2, 0.25) is 5.91 Å². The number of nitrogens with one attached hydrogen (secondary N) is 2. The molecule has 1 atom stereocenters. The first-order valence-corrected chi connectivity index (χ1v) is 10.6. The summed E-state index contributed by atoms with van der Waals surface area (Å²) < 4.78 is 6.64. The van der Waals surface area contributed by atoms with Crippen molar-refractivity contribution in [1.29, 1.82) is 0 Å². The van der Waals surface area contributed by atoms with Gasteiger partial charge in [0.1, 0.15) is 11.7 Å². The number of fused-ring (bicyclic) bond motifs is 1. The maximum absolute atomic E-state index is 12.7. The lowest BCUT2D eigenvalue weighted by Crippen LogP contribution is -2.47. The second-order valence-electron chi connectivity index (χ2n) is 8.09. The van der Waals surface area contributed by atoms with E-state index in [0.29, 0.717) is 5.69 Å². The van der Waals surface area contributed by atoms with E-state index in [1.54, 1.807) is 43.8 Å². The van der Waals surface area contributed by atoms with Crippen LogP contribution in [0.1, 0.15) is 29.9 Å². The Morgan fingerprint density at radius 3 is 2.36 bits per heavy atom. The van der Waals surface area contributed by atoms with E-state index >= 15 is 0 Å². The van der Waals surface area contributed by atoms with Crippen LogP contribution in [0.4, 0.5) is 0 Å². The van der Waals surface area contributed by atoms with Gasteiger partial charge in [-0.2, -0.15) is 0 Å². The number of amides is 3. The van der Waals surface area contributed by atoms with Crippen molar-refractivity contribution in [3.63, 3.8) is 0 Å². The van der Waals surface area contributed by atoms with E-state index in [1.807, 2.05) is 42.5 Å². The number of aryl methyl sites for hydroxylation is 1. The van der Waals surface area contributed by atoms with Crippen molar-refractivity contribution < 1.29 is 23.9 Å². The smallest absolute Gasteiger partial charge is 0.329 e. The Hall–Kier alpha value is -3.94. The van der Waals surface area contributed by atoms with Crippen molar-refractivity contribution in [2.24, 2.45) is 13.0 Å². The number of hydrogen-bond acceptors (Lipinski definition) is 5. The zero-order valence-electron chi connectivity index (χ0n) is 18.8. The van der Waals surface area contributed by atoms with Crippen LogP contribution in [-0.2, 0) is 32.6 Å². The van der Waals surface area contributed by atoms with Gasteiger partial charge in [-0.1, -0.05) is 56.3 Å². The molecule has 1 unspecified atom stereocenters. The van der Waals surface area contributed by atoms with Crippen LogP contribution in [-0.4, -0.2) is 40.9 Å². The SMILES string of the molecule is CC(C)C(NC(=O)Cc1cccc2ccccc12)C(=O)OCC(=O)NC(=O)c1cccn1C. The Bertz CT molecular complexity index is 1180. The summed E-state index contributed by atoms with van der Waals surface area (Å²) in [6.45, 7) is 2.91. The molecule has 0 saturated carbocycles. The highest BCUT2D eigenvalue weighted by molar-refractivity contribution is 6.04. The molecule has 0 aliphatic carbocycles. The zero-order chi connectivity index (χ0) is 24.0. The fraction of sp³-hybridized carbons (Fsp3) is 0.280. The van der Waals surface area contributed by atoms with Crippen molar-refractivity contribution in [2.45, 2.75) is 26.3 Å². The molecule has 0 aliphatic rings. The highest BCUT2D eigenvalue weighted by atomic mass is 16.5. The molecule has 172 valence electrons. The zero-order valence-corrected chi connectivity index (χ0v) is 18.8. The monoisotopic (exact) mass is 449 g/mol. The first-order chi connectivity index (χ1) is 15.8. The number of carbonyl (C=O) groups excluding carboxylic acids is 4. The van der Waals surface area contributed by atoms with E-state index in [2.05, 4.69) is 10.6 Å². The summed E-state index contributed by atoms with van der Waals surface area (Å²) in [5.41, 5.74) is 1.15. The van der Waals surface area contributed by atoms with Crippen molar-refractivity contribution in [3.05, 3.63) is 72.1 Å². The Kier molecular flexibility index (Phi) is 7.61. The Balaban J connectivity index is 1.56. The van der Waals surface area contributed by atoms with Crippen LogP contribution >= 0.6 is 0 Å². The third-order valence-corrected chi connectivity index (χ3v) is 5.24. The van der Waals surface area contributed by atoms with Gasteiger partial charge in [-0.25, -0.2) is 4.79 Å². The molecule has 3 rings (SSSR count). The van der Waals surface area contributed by atoms with Gasteiger partial charge in [-0.15, -0.1) is 0 Å². The van der Waals surface area contributed by atoms with Crippen molar-refractivity contribution in [2.75, 3.05) is 6.61 Å². The van der Waals surface area contributed by atoms with Gasteiger partial charge in [-0.05, 0) is 34.4 Å². The Morgan fingerprint density at radius 2 is 1.67 bits per heavy atom. The summed E-state index contributed by atoms with van der Waals surface area (Å²) in [7, 11) is 1.67. The normalized spacial score (nSPS) is 11.8. The summed E-state index contributed by atoms with van der Waals surface area (Å²) in [6, 6.07) is 15.8. The molecule has 2 aromatic carbocycles. The molecular weight excluding hydrogens is 422 g/mol. The summed E-state index contributed by atoms with van der Waals surface area (Å²) in [5, 5.41) is 6.88. The molecule has 1 heterocycles. The molecule has 0 radical (unpaired) electrons. The van der Waals surface area contributed by atoms with Crippen LogP contribution in [0.25, 0.3) is 10.8 Å². The lowest BCUT2D eigenvalue weighted by atomic mass is 10.0. The van der Waals surface area contributed by atoms with Gasteiger partial charge >= 0.3 is 5.97 Å². The van der Waals surface area contributed by atoms with E-state index in [4.69, 9.17) is 4.74 Å². The van der Waals surface area contributed by atoms with E-state index < -0.39 is 30.4 Å². The van der Waals surface area contributed by atoms with Crippen LogP contribution in [0.15, 0.2) is 60.8 Å². The van der Waals surface area contributed by atoms with Gasteiger partial charge < -0.3 is 14.6 Å². The maximum atomic E-state index is 12.7. The average molecular weight is 450 g/mol. The lowest BCUT2D eigenvalue weighted by molar-refractivity contribution is -0.152. The summed E-state index contributed by atoms with van der Waals surface area (Å²) in [6.07, 6.45) is 1.77. The predicted molar refractivity (Wildman–Crippen MR) is 123 cm³/mol. The fourth-order valence-electron chi connectivity index (χ4n) is 3.49. The molecular formula is C25H27N3O5. The number of esters is 1. The van der Waals surface area contributed by atoms with Gasteiger partial charge in [0.25, 0.3) is 11.8 Å². The molecule has 0 aliphatic heterocycles. The molecule has 0 bridgehead atoms. The van der Waals surface area contributed by atoms with E-state index in [9.17, 15) is 19.2 Å². The number of imide groups is 1. The van der Waals surface area contributed by atoms with Crippen molar-refractivity contribution >= 4 is 34.5 Å². The Morgan fingerprint density at radius 1 is 0.939 bits per heavy atom. The van der Waals surface area contributed by atoms with Crippen LogP contribution in [0.5, 0.6) is 0 Å². The van der Waals surface area contributed by atoms with Crippen molar-refractivity contribution in [3.8, 4) is 0 Å². The molecule has 8 nitrogen and oxygen atoms in total. The molecule has 2 N–H and O–H groups in total. The van der Waals surface area contributed by atoms with Gasteiger partial charge in [0.15, 0.2) is 6.61 Å². The molecule has 33 heavy (non-hydrogen) atoms. The van der Waals surface area contributed by atoms with Crippen LogP contribution in [0, 0.1) is 5.92 Å². The number of nitrogens with zero attached hydrogens (tertiary/aromatic N) is 1. The molecule has 3 aromatic rings. The largest absolute Gasteiger partial charge is 0.454 e. The minimum Gasteiger partial charge on any atom is -0.454 e. The van der Waals surface area contributed by atoms with Crippen LogP contribution in [0.2, 0.25) is 0 Å². The lowest BCUT2D eigenvalue weighted by Gasteiger charge is -2.21. The molecule has 0 fully saturated rings. The van der Waals surface area contributed by atoms with Gasteiger partial charge in [0.05, 0.1) is 6.42 Å². The number of aromatic nitrogens is 1. The van der Waals surface area contributed by atoms with Crippen LogP contribution < -0.4 is 10.6 Å². The standard InChI is InChI=1S/C25H27N3O5/c1-16(2)23(25(32)33-15-22(30)27-24(31)20-12-7-13-28(20)3)26-21(29)14-18-10-6-9-17-8-4-5-11-19(17)18/h4-13,16,23H,14-15H2,1-3H3,(H,26,29)(H,27,30,31). The van der Waals surface area contributed by atoms with Gasteiger partial charge in [0, 0.05) is 13.2 Å². The van der Waals surface area contributed by atoms with Gasteiger partial charge in [-0.3, -0.25) is 19.7 Å². The molecule has 1 aromatic heterocycles. The summed E-state index contributed by atoms with van der Waals surface area (Å²) in [5.74, 6) is -2.67. The van der Waals surface area contributed by atoms with E-state index in [0.717, 1.165) is 16.3 Å². The summed E-state index contributed by atoms with van der Waals surface area (Å²) >= 11 is 0. The molecule has 8 heteroatoms. The number of rotatable bonds is 8. The van der Waals surface area contributed by atoms with Crippen molar-refractivity contribution in [1.82, 2.24) is 15.2 Å². The predicted octanol–water partition coefficient (Wildman–Crippen LogP) is 2.36. The minimum atomic E-state index is -0.927. The van der Waals surface area contributed by atoms with E-state index in [1.165, 1.54) is 0 Å². The second-order valence-corrected chi connectivity index (χ2v) is 8.09. The first kappa shape index (κ1) is 23.7. The highest BCUT2D eigenvalue weighted by Gasteiger charge is 2.27. The first-order valence-electron chi connectivity index (χ1n) is 10.6. The summed E-state index contributed by atoms with van der Waals surface area (Å²) in [4.78, 5) is 49.4. The molecule has 0 saturated heterocycles. The maximum Gasteiger partial charge on any atom is 0.329 e. The Labute approximate surface area is 191 Å².